The molecule has 1 fully saturated rings. The summed E-state index contributed by atoms with van der Waals surface area (Å²) in [4.78, 5) is 2.22. The van der Waals surface area contributed by atoms with Gasteiger partial charge in [-0.25, -0.2) is 13.1 Å². The summed E-state index contributed by atoms with van der Waals surface area (Å²) >= 11 is 0. The molecule has 0 bridgehead atoms. The molecular weight excluding hydrogens is 250 g/mol. The summed E-state index contributed by atoms with van der Waals surface area (Å²) in [6, 6.07) is 0.661. The fraction of sp³-hybridized carbons (Fsp3) is 1.00. The molecule has 108 valence electrons. The molecule has 0 aromatic carbocycles. The number of hydrogen-bond acceptors (Lipinski definition) is 4. The summed E-state index contributed by atoms with van der Waals surface area (Å²) in [5.74, 6) is 0. The summed E-state index contributed by atoms with van der Waals surface area (Å²) in [7, 11) is -1.15. The van der Waals surface area contributed by atoms with Crippen molar-refractivity contribution in [3.8, 4) is 0 Å². The SMILES string of the molecule is CC(C)NCC(C)S(=O)(=O)NCC1CCCN1C. The van der Waals surface area contributed by atoms with E-state index in [1.54, 1.807) is 6.92 Å². The lowest BCUT2D eigenvalue weighted by molar-refractivity contribution is 0.310. The zero-order valence-corrected chi connectivity index (χ0v) is 12.8. The second-order valence-corrected chi connectivity index (χ2v) is 7.73. The van der Waals surface area contributed by atoms with E-state index in [-0.39, 0.29) is 0 Å². The summed E-state index contributed by atoms with van der Waals surface area (Å²) in [6.07, 6.45) is 2.24. The minimum Gasteiger partial charge on any atom is -0.313 e. The number of likely N-dealkylation sites (tertiary alicyclic amines) is 1. The van der Waals surface area contributed by atoms with Gasteiger partial charge in [0.25, 0.3) is 0 Å². The molecule has 2 atom stereocenters. The Morgan fingerprint density at radius 2 is 2.00 bits per heavy atom. The predicted molar refractivity (Wildman–Crippen MR) is 75.2 cm³/mol. The van der Waals surface area contributed by atoms with Gasteiger partial charge in [0.05, 0.1) is 5.25 Å². The van der Waals surface area contributed by atoms with Gasteiger partial charge >= 0.3 is 0 Å². The molecule has 6 heteroatoms. The highest BCUT2D eigenvalue weighted by Crippen LogP contribution is 2.14. The fourth-order valence-electron chi connectivity index (χ4n) is 2.10. The highest BCUT2D eigenvalue weighted by atomic mass is 32.2. The maximum absolute atomic E-state index is 12.0. The minimum absolute atomic E-state index is 0.309. The third-order valence-corrected chi connectivity index (χ3v) is 5.33. The molecule has 0 amide bonds. The Labute approximate surface area is 111 Å². The molecule has 1 aliphatic heterocycles. The first-order valence-electron chi connectivity index (χ1n) is 6.75. The van der Waals surface area contributed by atoms with Crippen LogP contribution >= 0.6 is 0 Å². The van der Waals surface area contributed by atoms with E-state index >= 15 is 0 Å². The van der Waals surface area contributed by atoms with E-state index in [9.17, 15) is 8.42 Å². The van der Waals surface area contributed by atoms with Gasteiger partial charge in [-0.3, -0.25) is 0 Å². The van der Waals surface area contributed by atoms with Crippen LogP contribution in [0.3, 0.4) is 0 Å². The number of nitrogens with zero attached hydrogens (tertiary/aromatic N) is 1. The third kappa shape index (κ3) is 4.84. The van der Waals surface area contributed by atoms with Crippen LogP contribution in [0.2, 0.25) is 0 Å². The first-order chi connectivity index (χ1) is 8.33. The van der Waals surface area contributed by atoms with Gasteiger partial charge in [0.2, 0.25) is 10.0 Å². The number of hydrogen-bond donors (Lipinski definition) is 2. The molecule has 0 aromatic heterocycles. The van der Waals surface area contributed by atoms with Crippen LogP contribution in [0, 0.1) is 0 Å². The minimum atomic E-state index is -3.21. The molecule has 0 aliphatic carbocycles. The monoisotopic (exact) mass is 277 g/mol. The van der Waals surface area contributed by atoms with Crippen molar-refractivity contribution in [2.75, 3.05) is 26.7 Å². The van der Waals surface area contributed by atoms with E-state index < -0.39 is 15.3 Å². The van der Waals surface area contributed by atoms with E-state index in [4.69, 9.17) is 0 Å². The van der Waals surface area contributed by atoms with Crippen molar-refractivity contribution < 1.29 is 8.42 Å². The molecule has 0 aromatic rings. The fourth-order valence-corrected chi connectivity index (χ4v) is 3.13. The van der Waals surface area contributed by atoms with E-state index in [1.807, 2.05) is 13.8 Å². The third-order valence-electron chi connectivity index (χ3n) is 3.53. The van der Waals surface area contributed by atoms with Crippen molar-refractivity contribution in [2.45, 2.75) is 50.9 Å². The lowest BCUT2D eigenvalue weighted by Gasteiger charge is -2.22. The normalized spacial score (nSPS) is 23.7. The Kier molecular flexibility index (Phi) is 6.04. The quantitative estimate of drug-likeness (QED) is 0.706. The van der Waals surface area contributed by atoms with E-state index in [2.05, 4.69) is 22.0 Å². The summed E-state index contributed by atoms with van der Waals surface area (Å²) in [5.41, 5.74) is 0. The topological polar surface area (TPSA) is 61.4 Å². The number of rotatable bonds is 7. The molecular formula is C12H27N3O2S. The Morgan fingerprint density at radius 3 is 2.50 bits per heavy atom. The first-order valence-corrected chi connectivity index (χ1v) is 8.29. The van der Waals surface area contributed by atoms with Crippen molar-refractivity contribution in [1.29, 1.82) is 0 Å². The molecule has 0 spiro atoms. The van der Waals surface area contributed by atoms with Crippen molar-refractivity contribution in [3.63, 3.8) is 0 Å². The average Bonchev–Trinajstić information content (AvgIpc) is 2.69. The van der Waals surface area contributed by atoms with Crippen molar-refractivity contribution >= 4 is 10.0 Å². The maximum atomic E-state index is 12.0. The standard InChI is InChI=1S/C12H27N3O2S/c1-10(2)13-8-11(3)18(16,17)14-9-12-6-5-7-15(12)4/h10-14H,5-9H2,1-4H3. The highest BCUT2D eigenvalue weighted by Gasteiger charge is 2.25. The molecule has 1 aliphatic rings. The van der Waals surface area contributed by atoms with Crippen LogP contribution in [-0.4, -0.2) is 57.3 Å². The lowest BCUT2D eigenvalue weighted by Crippen LogP contribution is -2.44. The second-order valence-electron chi connectivity index (χ2n) is 5.54. The molecule has 0 radical (unpaired) electrons. The van der Waals surface area contributed by atoms with Gasteiger partial charge in [0.1, 0.15) is 0 Å². The van der Waals surface area contributed by atoms with Gasteiger partial charge in [-0.15, -0.1) is 0 Å². The number of sulfonamides is 1. The van der Waals surface area contributed by atoms with Crippen molar-refractivity contribution in [2.24, 2.45) is 0 Å². The summed E-state index contributed by atoms with van der Waals surface area (Å²) in [5, 5.41) is 2.76. The van der Waals surface area contributed by atoms with Gasteiger partial charge in [-0.2, -0.15) is 0 Å². The van der Waals surface area contributed by atoms with Crippen LogP contribution in [0.25, 0.3) is 0 Å². The summed E-state index contributed by atoms with van der Waals surface area (Å²) < 4.78 is 26.8. The molecule has 1 saturated heterocycles. The Morgan fingerprint density at radius 1 is 1.33 bits per heavy atom. The smallest absolute Gasteiger partial charge is 0.215 e. The van der Waals surface area contributed by atoms with Gasteiger partial charge < -0.3 is 10.2 Å². The van der Waals surface area contributed by atoms with Gasteiger partial charge in [0, 0.05) is 25.2 Å². The average molecular weight is 277 g/mol. The molecule has 1 rings (SSSR count). The summed E-state index contributed by atoms with van der Waals surface area (Å²) in [6.45, 7) is 7.87. The molecule has 2 N–H and O–H groups in total. The van der Waals surface area contributed by atoms with E-state index in [0.717, 1.165) is 19.4 Å². The molecule has 5 nitrogen and oxygen atoms in total. The van der Waals surface area contributed by atoms with Gasteiger partial charge in [-0.1, -0.05) is 13.8 Å². The molecule has 0 saturated carbocycles. The van der Waals surface area contributed by atoms with Crippen LogP contribution in [0.4, 0.5) is 0 Å². The zero-order chi connectivity index (χ0) is 13.8. The van der Waals surface area contributed by atoms with Crippen LogP contribution in [-0.2, 0) is 10.0 Å². The van der Waals surface area contributed by atoms with E-state index in [1.165, 1.54) is 0 Å². The number of likely N-dealkylation sites (N-methyl/N-ethyl adjacent to an activating group) is 1. The Bertz CT molecular complexity index is 343. The van der Waals surface area contributed by atoms with Crippen LogP contribution in [0.15, 0.2) is 0 Å². The van der Waals surface area contributed by atoms with Crippen molar-refractivity contribution in [3.05, 3.63) is 0 Å². The van der Waals surface area contributed by atoms with Crippen molar-refractivity contribution in [1.82, 2.24) is 14.9 Å². The van der Waals surface area contributed by atoms with Crippen LogP contribution < -0.4 is 10.0 Å². The van der Waals surface area contributed by atoms with Crippen LogP contribution in [0.5, 0.6) is 0 Å². The first kappa shape index (κ1) is 15.9. The molecule has 18 heavy (non-hydrogen) atoms. The van der Waals surface area contributed by atoms with Crippen LogP contribution in [0.1, 0.15) is 33.6 Å². The second kappa shape index (κ2) is 6.84. The molecule has 2 unspecified atom stereocenters. The number of nitrogens with one attached hydrogen (secondary N) is 2. The van der Waals surface area contributed by atoms with E-state index in [0.29, 0.717) is 25.2 Å². The largest absolute Gasteiger partial charge is 0.313 e. The zero-order valence-electron chi connectivity index (χ0n) is 11.9. The predicted octanol–water partition coefficient (Wildman–Crippen LogP) is 0.387. The Hall–Kier alpha value is -0.170. The molecule has 1 heterocycles. The van der Waals surface area contributed by atoms with Gasteiger partial charge in [-0.05, 0) is 33.4 Å². The Balaban J connectivity index is 2.38. The lowest BCUT2D eigenvalue weighted by atomic mass is 10.2. The van der Waals surface area contributed by atoms with Gasteiger partial charge in [0.15, 0.2) is 0 Å². The highest BCUT2D eigenvalue weighted by molar-refractivity contribution is 7.90. The maximum Gasteiger partial charge on any atom is 0.215 e.